The topological polar surface area (TPSA) is 36.9 Å². The van der Waals surface area contributed by atoms with Gasteiger partial charge in [-0.25, -0.2) is 0 Å². The highest BCUT2D eigenvalue weighted by Gasteiger charge is 2.06. The number of rotatable bonds is 11. The molecule has 0 atom stereocenters. The van der Waals surface area contributed by atoms with Crippen molar-refractivity contribution in [2.75, 3.05) is 21.3 Å². The van der Waals surface area contributed by atoms with Gasteiger partial charge in [0, 0.05) is 6.07 Å². The predicted molar refractivity (Wildman–Crippen MR) is 140 cm³/mol. The summed E-state index contributed by atoms with van der Waals surface area (Å²) in [7, 11) is 5.06. The summed E-state index contributed by atoms with van der Waals surface area (Å²) in [5.41, 5.74) is 4.97. The van der Waals surface area contributed by atoms with Gasteiger partial charge >= 0.3 is 0 Å². The minimum Gasteiger partial charge on any atom is -0.497 e. The molecule has 0 saturated carbocycles. The van der Waals surface area contributed by atoms with E-state index in [1.807, 2.05) is 42.5 Å². The molecule has 0 aliphatic rings. The van der Waals surface area contributed by atoms with Crippen molar-refractivity contribution in [3.63, 3.8) is 0 Å². The largest absolute Gasteiger partial charge is 0.497 e. The van der Waals surface area contributed by atoms with Gasteiger partial charge in [0.25, 0.3) is 0 Å². The summed E-state index contributed by atoms with van der Waals surface area (Å²) in [6.07, 6.45) is 3.74. The molecule has 0 fully saturated rings. The Bertz CT molecular complexity index is 1210. The van der Waals surface area contributed by atoms with Crippen LogP contribution in [0.3, 0.4) is 0 Å². The predicted octanol–water partition coefficient (Wildman–Crippen LogP) is 7.08. The number of aryl methyl sites for hydroxylation is 4. The summed E-state index contributed by atoms with van der Waals surface area (Å²) in [6.45, 7) is 0. The smallest absolute Gasteiger partial charge is 0.131 e. The number of methoxy groups -OCH3 is 3. The number of hydrogen-bond acceptors (Lipinski definition) is 4. The maximum absolute atomic E-state index is 6.18. The highest BCUT2D eigenvalue weighted by molar-refractivity contribution is 5.42. The quantitative estimate of drug-likeness (QED) is 0.236. The van der Waals surface area contributed by atoms with Gasteiger partial charge in [-0.05, 0) is 96.5 Å². The summed E-state index contributed by atoms with van der Waals surface area (Å²) < 4.78 is 22.3. The first-order valence-electron chi connectivity index (χ1n) is 11.9. The zero-order valence-corrected chi connectivity index (χ0v) is 20.6. The van der Waals surface area contributed by atoms with E-state index in [4.69, 9.17) is 18.9 Å². The number of hydrogen-bond donors (Lipinski definition) is 0. The van der Waals surface area contributed by atoms with Crippen LogP contribution in [0, 0.1) is 0 Å². The molecule has 0 N–H and O–H groups in total. The molecule has 0 aliphatic heterocycles. The van der Waals surface area contributed by atoms with Crippen molar-refractivity contribution in [3.05, 3.63) is 113 Å². The van der Waals surface area contributed by atoms with Gasteiger partial charge in [0.05, 0.1) is 21.3 Å². The van der Waals surface area contributed by atoms with Crippen molar-refractivity contribution in [2.45, 2.75) is 25.7 Å². The normalized spacial score (nSPS) is 10.6. The second-order valence-electron chi connectivity index (χ2n) is 8.46. The van der Waals surface area contributed by atoms with E-state index >= 15 is 0 Å². The SMILES string of the molecule is COc1ccc(CCc2ccc(Oc3cc(CCc4cccc(OC)c4)cc(OC)c3)cc2)cc1. The van der Waals surface area contributed by atoms with Crippen molar-refractivity contribution in [2.24, 2.45) is 0 Å². The lowest BCUT2D eigenvalue weighted by atomic mass is 10.0. The fraction of sp³-hybridized carbons (Fsp3) is 0.226. The Labute approximate surface area is 208 Å². The third-order valence-electron chi connectivity index (χ3n) is 6.03. The monoisotopic (exact) mass is 468 g/mol. The second-order valence-corrected chi connectivity index (χ2v) is 8.46. The van der Waals surface area contributed by atoms with Crippen LogP contribution in [0.25, 0.3) is 0 Å². The fourth-order valence-corrected chi connectivity index (χ4v) is 4.01. The van der Waals surface area contributed by atoms with Crippen LogP contribution in [0.1, 0.15) is 22.3 Å². The first-order valence-corrected chi connectivity index (χ1v) is 11.9. The first kappa shape index (κ1) is 24.2. The van der Waals surface area contributed by atoms with Crippen molar-refractivity contribution in [1.29, 1.82) is 0 Å². The number of ether oxygens (including phenoxy) is 4. The minimum atomic E-state index is 0.774. The van der Waals surface area contributed by atoms with Gasteiger partial charge in [-0.2, -0.15) is 0 Å². The average Bonchev–Trinajstić information content (AvgIpc) is 2.91. The summed E-state index contributed by atoms with van der Waals surface area (Å²) in [6, 6.07) is 30.8. The zero-order chi connectivity index (χ0) is 24.5. The van der Waals surface area contributed by atoms with Crippen LogP contribution in [0.2, 0.25) is 0 Å². The Morgan fingerprint density at radius 2 is 0.914 bits per heavy atom. The molecule has 0 aromatic heterocycles. The van der Waals surface area contributed by atoms with Gasteiger partial charge in [0.2, 0.25) is 0 Å². The van der Waals surface area contributed by atoms with E-state index in [0.717, 1.165) is 54.4 Å². The van der Waals surface area contributed by atoms with Crippen LogP contribution >= 0.6 is 0 Å². The zero-order valence-electron chi connectivity index (χ0n) is 20.6. The van der Waals surface area contributed by atoms with Crippen molar-refractivity contribution >= 4 is 0 Å². The van der Waals surface area contributed by atoms with Crippen LogP contribution in [-0.4, -0.2) is 21.3 Å². The molecule has 0 bridgehead atoms. The minimum absolute atomic E-state index is 0.774. The van der Waals surface area contributed by atoms with E-state index in [9.17, 15) is 0 Å². The molecular formula is C31H32O4. The molecule has 0 heterocycles. The molecule has 35 heavy (non-hydrogen) atoms. The molecule has 4 rings (SSSR count). The van der Waals surface area contributed by atoms with Crippen LogP contribution < -0.4 is 18.9 Å². The highest BCUT2D eigenvalue weighted by Crippen LogP contribution is 2.29. The highest BCUT2D eigenvalue weighted by atomic mass is 16.5. The van der Waals surface area contributed by atoms with E-state index in [2.05, 4.69) is 48.5 Å². The van der Waals surface area contributed by atoms with E-state index in [0.29, 0.717) is 0 Å². The van der Waals surface area contributed by atoms with Crippen LogP contribution in [-0.2, 0) is 25.7 Å². The molecule has 0 aliphatic carbocycles. The molecule has 180 valence electrons. The van der Waals surface area contributed by atoms with Crippen molar-refractivity contribution in [1.82, 2.24) is 0 Å². The van der Waals surface area contributed by atoms with Gasteiger partial charge in [0.1, 0.15) is 28.7 Å². The van der Waals surface area contributed by atoms with Crippen molar-refractivity contribution < 1.29 is 18.9 Å². The van der Waals surface area contributed by atoms with Crippen LogP contribution in [0.5, 0.6) is 28.7 Å². The van der Waals surface area contributed by atoms with Gasteiger partial charge in [-0.3, -0.25) is 0 Å². The number of benzene rings is 4. The summed E-state index contributed by atoms with van der Waals surface area (Å²) in [5.74, 6) is 4.14. The fourth-order valence-electron chi connectivity index (χ4n) is 4.01. The molecular weight excluding hydrogens is 436 g/mol. The maximum atomic E-state index is 6.18. The van der Waals surface area contributed by atoms with E-state index in [1.165, 1.54) is 22.3 Å². The van der Waals surface area contributed by atoms with Gasteiger partial charge in [-0.15, -0.1) is 0 Å². The maximum Gasteiger partial charge on any atom is 0.131 e. The molecule has 0 amide bonds. The molecule has 4 nitrogen and oxygen atoms in total. The Balaban J connectivity index is 1.37. The third kappa shape index (κ3) is 7.03. The van der Waals surface area contributed by atoms with Crippen molar-refractivity contribution in [3.8, 4) is 28.7 Å². The Morgan fingerprint density at radius 3 is 1.54 bits per heavy atom. The lowest BCUT2D eigenvalue weighted by molar-refractivity contribution is 0.408. The Morgan fingerprint density at radius 1 is 0.400 bits per heavy atom. The molecule has 4 aromatic carbocycles. The molecule has 0 spiro atoms. The molecule has 4 heteroatoms. The summed E-state index contributed by atoms with van der Waals surface area (Å²) in [4.78, 5) is 0. The lowest BCUT2D eigenvalue weighted by Gasteiger charge is -2.12. The Hall–Kier alpha value is -3.92. The summed E-state index contributed by atoms with van der Waals surface area (Å²) >= 11 is 0. The third-order valence-corrected chi connectivity index (χ3v) is 6.03. The van der Waals surface area contributed by atoms with Crippen LogP contribution in [0.4, 0.5) is 0 Å². The molecule has 0 radical (unpaired) electrons. The van der Waals surface area contributed by atoms with Crippen LogP contribution in [0.15, 0.2) is 91.0 Å². The van der Waals surface area contributed by atoms with Gasteiger partial charge in [-0.1, -0.05) is 36.4 Å². The lowest BCUT2D eigenvalue weighted by Crippen LogP contribution is -1.95. The standard InChI is InChI=1S/C31H32O4/c1-32-27-15-11-23(12-16-27)7-8-24-13-17-28(18-14-24)35-31-21-26(20-30(22-31)34-3)10-9-25-5-4-6-29(19-25)33-2/h4-6,11-22H,7-10H2,1-3H3. The van der Waals surface area contributed by atoms with E-state index in [1.54, 1.807) is 21.3 Å². The first-order chi connectivity index (χ1) is 17.1. The molecule has 0 unspecified atom stereocenters. The van der Waals surface area contributed by atoms with Gasteiger partial charge in [0.15, 0.2) is 0 Å². The van der Waals surface area contributed by atoms with E-state index < -0.39 is 0 Å². The molecule has 0 saturated heterocycles. The van der Waals surface area contributed by atoms with E-state index in [-0.39, 0.29) is 0 Å². The summed E-state index contributed by atoms with van der Waals surface area (Å²) in [5, 5.41) is 0. The van der Waals surface area contributed by atoms with Gasteiger partial charge < -0.3 is 18.9 Å². The average molecular weight is 469 g/mol. The Kier molecular flexibility index (Phi) is 8.29. The second kappa shape index (κ2) is 12.0. The molecule has 4 aromatic rings.